The van der Waals surface area contributed by atoms with Crippen LogP contribution in [-0.4, -0.2) is 67.0 Å². The second kappa shape index (κ2) is 10.4. The van der Waals surface area contributed by atoms with Gasteiger partial charge in [-0.25, -0.2) is 18.9 Å². The number of aromatic nitrogens is 6. The molecule has 1 aliphatic heterocycles. The third kappa shape index (κ3) is 5.06. The fraction of sp³-hybridized carbons (Fsp3) is 0.207. The minimum Gasteiger partial charge on any atom is -0.354 e. The maximum absolute atomic E-state index is 13.0. The Labute approximate surface area is 224 Å². The first-order valence-electron chi connectivity index (χ1n) is 12.5. The Hall–Kier alpha value is -5.06. The second-order valence-corrected chi connectivity index (χ2v) is 9.34. The fourth-order valence-corrected chi connectivity index (χ4v) is 4.71. The smallest absolute Gasteiger partial charge is 0.141 e. The highest BCUT2D eigenvalue weighted by Gasteiger charge is 2.19. The summed E-state index contributed by atoms with van der Waals surface area (Å²) in [4.78, 5) is 13.3. The first-order valence-corrected chi connectivity index (χ1v) is 12.5. The Morgan fingerprint density at radius 3 is 2.46 bits per heavy atom. The SMILES string of the molecule is Cn1cc(-c2cc(-c3ccc(N4CCN(CC#Cc5ccc(F)cn5)CC4)nc3)c3c(C#N)cnn3c2)cn1. The molecule has 0 amide bonds. The van der Waals surface area contributed by atoms with Gasteiger partial charge >= 0.3 is 0 Å². The van der Waals surface area contributed by atoms with Crippen molar-refractivity contribution in [3.63, 3.8) is 0 Å². The molecule has 5 aromatic rings. The average molecular weight is 518 g/mol. The summed E-state index contributed by atoms with van der Waals surface area (Å²) in [7, 11) is 1.88. The normalized spacial score (nSPS) is 13.7. The van der Waals surface area contributed by atoms with Gasteiger partial charge in [0.15, 0.2) is 0 Å². The van der Waals surface area contributed by atoms with E-state index in [0.717, 1.165) is 59.8 Å². The van der Waals surface area contributed by atoms with E-state index in [1.807, 2.05) is 44.0 Å². The summed E-state index contributed by atoms with van der Waals surface area (Å²) >= 11 is 0. The predicted octanol–water partition coefficient (Wildman–Crippen LogP) is 3.38. The van der Waals surface area contributed by atoms with Gasteiger partial charge in [-0.3, -0.25) is 9.58 Å². The molecule has 0 aromatic carbocycles. The molecule has 6 rings (SSSR count). The number of hydrogen-bond donors (Lipinski definition) is 0. The van der Waals surface area contributed by atoms with Crippen molar-refractivity contribution in [1.82, 2.24) is 34.3 Å². The van der Waals surface area contributed by atoms with Gasteiger partial charge in [0.2, 0.25) is 0 Å². The third-order valence-electron chi connectivity index (χ3n) is 6.77. The largest absolute Gasteiger partial charge is 0.354 e. The van der Waals surface area contributed by atoms with E-state index in [4.69, 9.17) is 4.98 Å². The van der Waals surface area contributed by atoms with Gasteiger partial charge in [-0.1, -0.05) is 5.92 Å². The fourth-order valence-electron chi connectivity index (χ4n) is 4.71. The van der Waals surface area contributed by atoms with Gasteiger partial charge in [0.25, 0.3) is 0 Å². The molecule has 6 heterocycles. The summed E-state index contributed by atoms with van der Waals surface area (Å²) in [6, 6.07) is 11.3. The van der Waals surface area contributed by atoms with E-state index in [2.05, 4.69) is 49.0 Å². The van der Waals surface area contributed by atoms with Crippen LogP contribution in [0.5, 0.6) is 0 Å². The Bertz CT molecular complexity index is 1730. The van der Waals surface area contributed by atoms with Crippen molar-refractivity contribution < 1.29 is 4.39 Å². The third-order valence-corrected chi connectivity index (χ3v) is 6.77. The summed E-state index contributed by atoms with van der Waals surface area (Å²) in [5.74, 6) is 6.67. The van der Waals surface area contributed by atoms with Crippen molar-refractivity contribution in [1.29, 1.82) is 5.26 Å². The van der Waals surface area contributed by atoms with Crippen LogP contribution >= 0.6 is 0 Å². The highest BCUT2D eigenvalue weighted by molar-refractivity contribution is 5.87. The molecule has 192 valence electrons. The number of rotatable bonds is 4. The Balaban J connectivity index is 1.18. The van der Waals surface area contributed by atoms with Gasteiger partial charge in [0.1, 0.15) is 23.4 Å². The monoisotopic (exact) mass is 517 g/mol. The van der Waals surface area contributed by atoms with Gasteiger partial charge in [-0.2, -0.15) is 15.5 Å². The lowest BCUT2D eigenvalue weighted by Crippen LogP contribution is -2.46. The van der Waals surface area contributed by atoms with E-state index in [9.17, 15) is 9.65 Å². The maximum Gasteiger partial charge on any atom is 0.141 e. The van der Waals surface area contributed by atoms with Crippen LogP contribution in [0.2, 0.25) is 0 Å². The number of aryl methyl sites for hydroxylation is 1. The number of nitrogens with zero attached hydrogens (tertiary/aromatic N) is 9. The first kappa shape index (κ1) is 24.3. The molecule has 0 bridgehead atoms. The van der Waals surface area contributed by atoms with Crippen molar-refractivity contribution in [2.24, 2.45) is 7.05 Å². The Morgan fingerprint density at radius 2 is 1.77 bits per heavy atom. The van der Waals surface area contributed by atoms with Gasteiger partial charge < -0.3 is 4.90 Å². The summed E-state index contributed by atoms with van der Waals surface area (Å²) in [5, 5.41) is 18.4. The summed E-state index contributed by atoms with van der Waals surface area (Å²) in [6.07, 6.45) is 10.3. The van der Waals surface area contributed by atoms with Crippen molar-refractivity contribution in [2.75, 3.05) is 37.6 Å². The topological polar surface area (TPSA) is 91.2 Å². The van der Waals surface area contributed by atoms with Gasteiger partial charge in [-0.15, -0.1) is 0 Å². The number of pyridine rings is 3. The molecule has 0 N–H and O–H groups in total. The number of fused-ring (bicyclic) bond motifs is 1. The number of nitriles is 1. The molecular formula is C29H24FN9. The van der Waals surface area contributed by atoms with Crippen molar-refractivity contribution in [2.45, 2.75) is 0 Å². The summed E-state index contributed by atoms with van der Waals surface area (Å²) in [5.41, 5.74) is 5.57. The molecule has 5 aromatic heterocycles. The van der Waals surface area contributed by atoms with E-state index >= 15 is 0 Å². The standard InChI is InChI=1S/C29H24FN9/c1-36-19-24(17-34-36)22-13-27(29-23(14-31)16-35-39(29)20-22)21-4-7-28(33-15-21)38-11-9-37(10-12-38)8-2-3-26-6-5-25(30)18-32-26/h4-7,13,15-20H,8-12H2,1H3. The maximum atomic E-state index is 13.0. The van der Waals surface area contributed by atoms with E-state index in [0.29, 0.717) is 17.8 Å². The molecule has 9 nitrogen and oxygen atoms in total. The molecular weight excluding hydrogens is 493 g/mol. The van der Waals surface area contributed by atoms with Crippen LogP contribution < -0.4 is 4.90 Å². The molecule has 10 heteroatoms. The molecule has 0 spiro atoms. The molecule has 0 saturated carbocycles. The minimum atomic E-state index is -0.362. The number of anilines is 1. The van der Waals surface area contributed by atoms with Crippen LogP contribution in [0.1, 0.15) is 11.3 Å². The van der Waals surface area contributed by atoms with Crippen LogP contribution in [0.3, 0.4) is 0 Å². The molecule has 1 saturated heterocycles. The van der Waals surface area contributed by atoms with Crippen LogP contribution in [0.15, 0.2) is 67.5 Å². The van der Waals surface area contributed by atoms with Crippen molar-refractivity contribution in [3.8, 4) is 40.2 Å². The first-order chi connectivity index (χ1) is 19.1. The Morgan fingerprint density at radius 1 is 0.897 bits per heavy atom. The lowest BCUT2D eigenvalue weighted by atomic mass is 10.0. The number of halogens is 1. The molecule has 0 aliphatic carbocycles. The van der Waals surface area contributed by atoms with E-state index in [1.165, 1.54) is 12.3 Å². The van der Waals surface area contributed by atoms with Crippen molar-refractivity contribution >= 4 is 11.3 Å². The summed E-state index contributed by atoms with van der Waals surface area (Å²) in [6.45, 7) is 4.04. The molecule has 39 heavy (non-hydrogen) atoms. The molecule has 1 fully saturated rings. The second-order valence-electron chi connectivity index (χ2n) is 9.34. The van der Waals surface area contributed by atoms with Gasteiger partial charge in [0, 0.05) is 74.1 Å². The summed E-state index contributed by atoms with van der Waals surface area (Å²) < 4.78 is 16.5. The number of piperazine rings is 1. The van der Waals surface area contributed by atoms with Crippen LogP contribution in [0.4, 0.5) is 10.2 Å². The van der Waals surface area contributed by atoms with Crippen LogP contribution in [-0.2, 0) is 7.05 Å². The van der Waals surface area contributed by atoms with Gasteiger partial charge in [-0.05, 0) is 36.3 Å². The highest BCUT2D eigenvalue weighted by Crippen LogP contribution is 2.32. The average Bonchev–Trinajstić information content (AvgIpc) is 3.60. The van der Waals surface area contributed by atoms with Crippen molar-refractivity contribution in [3.05, 3.63) is 84.6 Å². The molecule has 0 unspecified atom stereocenters. The van der Waals surface area contributed by atoms with E-state index in [1.54, 1.807) is 21.5 Å². The zero-order valence-electron chi connectivity index (χ0n) is 21.3. The molecule has 1 aliphatic rings. The van der Waals surface area contributed by atoms with Crippen LogP contribution in [0, 0.1) is 29.0 Å². The lowest BCUT2D eigenvalue weighted by Gasteiger charge is -2.34. The minimum absolute atomic E-state index is 0.362. The lowest BCUT2D eigenvalue weighted by molar-refractivity contribution is 0.287. The molecule has 0 radical (unpaired) electrons. The zero-order valence-corrected chi connectivity index (χ0v) is 21.3. The highest BCUT2D eigenvalue weighted by atomic mass is 19.1. The Kier molecular flexibility index (Phi) is 6.45. The van der Waals surface area contributed by atoms with Gasteiger partial charge in [0.05, 0.1) is 36.2 Å². The number of hydrogen-bond acceptors (Lipinski definition) is 7. The quantitative estimate of drug-likeness (QED) is 0.338. The molecule has 0 atom stereocenters. The van der Waals surface area contributed by atoms with Crippen LogP contribution in [0.25, 0.3) is 27.8 Å². The zero-order chi connectivity index (χ0) is 26.8. The van der Waals surface area contributed by atoms with E-state index in [-0.39, 0.29) is 5.82 Å². The van der Waals surface area contributed by atoms with E-state index < -0.39 is 0 Å². The predicted molar refractivity (Wildman–Crippen MR) is 145 cm³/mol.